The first kappa shape index (κ1) is 14.5. The maximum Gasteiger partial charge on any atom is 0.220 e. The highest BCUT2D eigenvalue weighted by molar-refractivity contribution is 5.76. The zero-order valence-corrected chi connectivity index (χ0v) is 13.4. The van der Waals surface area contributed by atoms with Crippen LogP contribution >= 0.6 is 0 Å². The number of amides is 1. The molecule has 1 amide bonds. The molecule has 4 heteroatoms. The quantitative estimate of drug-likeness (QED) is 0.939. The lowest BCUT2D eigenvalue weighted by Gasteiger charge is -2.22. The summed E-state index contributed by atoms with van der Waals surface area (Å²) in [6.07, 6.45) is 10.8. The van der Waals surface area contributed by atoms with Gasteiger partial charge < -0.3 is 9.88 Å². The molecular formula is C19H23N3O. The molecule has 2 heterocycles. The molecule has 1 aromatic heterocycles. The minimum absolute atomic E-state index is 0.166. The van der Waals surface area contributed by atoms with E-state index in [-0.39, 0.29) is 11.9 Å². The first-order valence-electron chi connectivity index (χ1n) is 8.71. The standard InChI is InChI=1S/C19H23N3O/c23-19(10-14-6-2-1-3-7-14)21-12-18-16-9-5-4-8-15(16)17-11-20-13-22(17)18/h4-5,8-9,11,13-14,18H,1-3,6-7,10,12H2,(H,21,23)/t18-/m1/s1. The van der Waals surface area contributed by atoms with Crippen molar-refractivity contribution in [3.05, 3.63) is 42.4 Å². The Morgan fingerprint density at radius 3 is 2.91 bits per heavy atom. The van der Waals surface area contributed by atoms with E-state index >= 15 is 0 Å². The van der Waals surface area contributed by atoms with Crippen LogP contribution in [0.15, 0.2) is 36.8 Å². The van der Waals surface area contributed by atoms with E-state index in [2.05, 4.69) is 39.1 Å². The van der Waals surface area contributed by atoms with Crippen molar-refractivity contribution in [1.29, 1.82) is 0 Å². The van der Waals surface area contributed by atoms with Crippen LogP contribution in [0.3, 0.4) is 0 Å². The summed E-state index contributed by atoms with van der Waals surface area (Å²) in [5, 5.41) is 3.16. The second-order valence-electron chi connectivity index (χ2n) is 6.80. The Labute approximate surface area is 136 Å². The Morgan fingerprint density at radius 1 is 1.22 bits per heavy atom. The first-order valence-corrected chi connectivity index (χ1v) is 8.71. The molecule has 1 aliphatic heterocycles. The molecule has 0 spiro atoms. The third-order valence-corrected chi connectivity index (χ3v) is 5.29. The molecule has 23 heavy (non-hydrogen) atoms. The first-order chi connectivity index (χ1) is 11.3. The van der Waals surface area contributed by atoms with E-state index in [4.69, 9.17) is 0 Å². The Morgan fingerprint density at radius 2 is 2.04 bits per heavy atom. The lowest BCUT2D eigenvalue weighted by atomic mass is 9.87. The Hall–Kier alpha value is -2.10. The van der Waals surface area contributed by atoms with Gasteiger partial charge in [-0.15, -0.1) is 0 Å². The van der Waals surface area contributed by atoms with Crippen LogP contribution in [0.4, 0.5) is 0 Å². The van der Waals surface area contributed by atoms with Gasteiger partial charge in [-0.05, 0) is 24.3 Å². The van der Waals surface area contributed by atoms with Gasteiger partial charge in [-0.3, -0.25) is 4.79 Å². The van der Waals surface area contributed by atoms with Crippen molar-refractivity contribution in [3.63, 3.8) is 0 Å². The molecule has 1 aliphatic carbocycles. The van der Waals surface area contributed by atoms with Crippen molar-refractivity contribution in [2.24, 2.45) is 5.92 Å². The normalized spacial score (nSPS) is 20.1. The maximum atomic E-state index is 12.3. The zero-order valence-electron chi connectivity index (χ0n) is 13.4. The average Bonchev–Trinajstić information content (AvgIpc) is 3.15. The number of nitrogens with zero attached hydrogens (tertiary/aromatic N) is 2. The van der Waals surface area contributed by atoms with E-state index in [1.807, 2.05) is 12.5 Å². The Bertz CT molecular complexity index is 700. The van der Waals surface area contributed by atoms with Crippen molar-refractivity contribution < 1.29 is 4.79 Å². The predicted octanol–water partition coefficient (Wildman–Crippen LogP) is 3.54. The van der Waals surface area contributed by atoms with E-state index in [1.54, 1.807) is 0 Å². The van der Waals surface area contributed by atoms with Crippen molar-refractivity contribution in [2.45, 2.75) is 44.6 Å². The summed E-state index contributed by atoms with van der Waals surface area (Å²) in [5.41, 5.74) is 3.66. The average molecular weight is 309 g/mol. The van der Waals surface area contributed by atoms with E-state index in [0.29, 0.717) is 18.9 Å². The van der Waals surface area contributed by atoms with Gasteiger partial charge >= 0.3 is 0 Å². The number of imidazole rings is 1. The molecule has 1 atom stereocenters. The number of aromatic nitrogens is 2. The fourth-order valence-electron chi connectivity index (χ4n) is 4.08. The molecule has 0 unspecified atom stereocenters. The van der Waals surface area contributed by atoms with E-state index < -0.39 is 0 Å². The molecule has 1 saturated carbocycles. The predicted molar refractivity (Wildman–Crippen MR) is 90.0 cm³/mol. The number of benzene rings is 1. The molecule has 1 fully saturated rings. The third-order valence-electron chi connectivity index (χ3n) is 5.29. The lowest BCUT2D eigenvalue weighted by Crippen LogP contribution is -2.31. The van der Waals surface area contributed by atoms with Crippen LogP contribution in [-0.4, -0.2) is 22.0 Å². The highest BCUT2D eigenvalue weighted by Gasteiger charge is 2.28. The smallest absolute Gasteiger partial charge is 0.220 e. The van der Waals surface area contributed by atoms with Crippen molar-refractivity contribution in [1.82, 2.24) is 14.9 Å². The summed E-state index contributed by atoms with van der Waals surface area (Å²) in [4.78, 5) is 16.6. The van der Waals surface area contributed by atoms with Crippen LogP contribution in [0.1, 0.15) is 50.1 Å². The molecule has 2 aliphatic rings. The molecule has 0 radical (unpaired) electrons. The maximum absolute atomic E-state index is 12.3. The van der Waals surface area contributed by atoms with Crippen LogP contribution in [0.2, 0.25) is 0 Å². The summed E-state index contributed by atoms with van der Waals surface area (Å²) in [7, 11) is 0. The van der Waals surface area contributed by atoms with Gasteiger partial charge in [-0.1, -0.05) is 43.5 Å². The summed E-state index contributed by atoms with van der Waals surface area (Å²) in [5.74, 6) is 0.784. The van der Waals surface area contributed by atoms with Crippen LogP contribution < -0.4 is 5.32 Å². The highest BCUT2D eigenvalue weighted by Crippen LogP contribution is 2.38. The van der Waals surface area contributed by atoms with E-state index in [9.17, 15) is 4.79 Å². The van der Waals surface area contributed by atoms with Gasteiger partial charge in [0.05, 0.1) is 24.3 Å². The number of carbonyl (C=O) groups excluding carboxylic acids is 1. The van der Waals surface area contributed by atoms with E-state index in [0.717, 1.165) is 5.69 Å². The highest BCUT2D eigenvalue weighted by atomic mass is 16.1. The molecule has 4 nitrogen and oxygen atoms in total. The minimum Gasteiger partial charge on any atom is -0.354 e. The number of hydrogen-bond acceptors (Lipinski definition) is 2. The number of hydrogen-bond donors (Lipinski definition) is 1. The van der Waals surface area contributed by atoms with Crippen LogP contribution in [0.5, 0.6) is 0 Å². The van der Waals surface area contributed by atoms with Crippen LogP contribution in [-0.2, 0) is 4.79 Å². The number of fused-ring (bicyclic) bond motifs is 3. The fraction of sp³-hybridized carbons (Fsp3) is 0.474. The lowest BCUT2D eigenvalue weighted by molar-refractivity contribution is -0.122. The topological polar surface area (TPSA) is 46.9 Å². The number of carbonyl (C=O) groups is 1. The fourth-order valence-corrected chi connectivity index (χ4v) is 4.08. The molecule has 0 bridgehead atoms. The van der Waals surface area contributed by atoms with E-state index in [1.165, 1.54) is 43.2 Å². The number of rotatable bonds is 4. The van der Waals surface area contributed by atoms with Crippen molar-refractivity contribution in [2.75, 3.05) is 6.54 Å². The second kappa shape index (κ2) is 6.19. The Kier molecular flexibility index (Phi) is 3.90. The largest absolute Gasteiger partial charge is 0.354 e. The third kappa shape index (κ3) is 2.78. The van der Waals surface area contributed by atoms with Crippen LogP contribution in [0.25, 0.3) is 11.3 Å². The van der Waals surface area contributed by atoms with Gasteiger partial charge in [0.15, 0.2) is 0 Å². The number of nitrogens with one attached hydrogen (secondary N) is 1. The SMILES string of the molecule is O=C(CC1CCCCC1)NC[C@@H]1c2ccccc2-c2cncn21. The molecule has 1 N–H and O–H groups in total. The summed E-state index contributed by atoms with van der Waals surface area (Å²) < 4.78 is 2.17. The molecular weight excluding hydrogens is 286 g/mol. The van der Waals surface area contributed by atoms with Crippen LogP contribution in [0, 0.1) is 5.92 Å². The molecule has 4 rings (SSSR count). The van der Waals surface area contributed by atoms with Gasteiger partial charge in [-0.2, -0.15) is 0 Å². The van der Waals surface area contributed by atoms with Gasteiger partial charge in [0.2, 0.25) is 5.91 Å². The summed E-state index contributed by atoms with van der Waals surface area (Å²) >= 11 is 0. The van der Waals surface area contributed by atoms with Gasteiger partial charge in [0.25, 0.3) is 0 Å². The Balaban J connectivity index is 1.42. The molecule has 120 valence electrons. The van der Waals surface area contributed by atoms with Crippen molar-refractivity contribution in [3.8, 4) is 11.3 Å². The van der Waals surface area contributed by atoms with Gasteiger partial charge in [0.1, 0.15) is 0 Å². The van der Waals surface area contributed by atoms with Crippen molar-refractivity contribution >= 4 is 5.91 Å². The molecule has 1 aromatic carbocycles. The molecule has 2 aromatic rings. The monoisotopic (exact) mass is 309 g/mol. The second-order valence-corrected chi connectivity index (χ2v) is 6.80. The minimum atomic E-state index is 0.166. The zero-order chi connectivity index (χ0) is 15.6. The molecule has 0 saturated heterocycles. The summed E-state index contributed by atoms with van der Waals surface area (Å²) in [6, 6.07) is 8.57. The van der Waals surface area contributed by atoms with Gasteiger partial charge in [-0.25, -0.2) is 4.98 Å². The summed E-state index contributed by atoms with van der Waals surface area (Å²) in [6.45, 7) is 0.645. The van der Waals surface area contributed by atoms with Gasteiger partial charge in [0, 0.05) is 18.5 Å².